The number of likely N-dealkylation sites (tertiary alicyclic amines) is 2. The number of amides is 2. The monoisotopic (exact) mass is 896 g/mol. The van der Waals surface area contributed by atoms with Crippen LogP contribution in [0.25, 0.3) is 44.6 Å². The molecule has 4 aromatic heterocycles. The van der Waals surface area contributed by atoms with E-state index in [9.17, 15) is 14.7 Å². The van der Waals surface area contributed by atoms with Crippen LogP contribution in [-0.4, -0.2) is 92.4 Å². The Labute approximate surface area is 387 Å². The molecule has 0 aliphatic carbocycles. The lowest BCUT2D eigenvalue weighted by Crippen LogP contribution is -2.40. The van der Waals surface area contributed by atoms with Gasteiger partial charge in [0, 0.05) is 37.3 Å². The van der Waals surface area contributed by atoms with Gasteiger partial charge < -0.3 is 31.1 Å². The van der Waals surface area contributed by atoms with Crippen LogP contribution in [0, 0.1) is 6.92 Å². The highest BCUT2D eigenvalue weighted by Crippen LogP contribution is 2.36. The first-order valence-electron chi connectivity index (χ1n) is 22.1. The maximum absolute atomic E-state index is 12.2. The molecule has 10 rings (SSSR count). The molecular formula is C51H52N12O4. The third-order valence-corrected chi connectivity index (χ3v) is 11.7. The van der Waals surface area contributed by atoms with Crippen molar-refractivity contribution in [1.29, 1.82) is 0 Å². The molecular weight excluding hydrogens is 845 g/mol. The van der Waals surface area contributed by atoms with Gasteiger partial charge in [0.2, 0.25) is 11.8 Å². The van der Waals surface area contributed by atoms with Crippen LogP contribution < -0.4 is 16.2 Å². The van der Waals surface area contributed by atoms with E-state index in [4.69, 9.17) is 26.4 Å². The molecule has 4 aromatic carbocycles. The Morgan fingerprint density at radius 2 is 1.06 bits per heavy atom. The van der Waals surface area contributed by atoms with Gasteiger partial charge in [-0.15, -0.1) is 0 Å². The van der Waals surface area contributed by atoms with E-state index in [0.29, 0.717) is 71.3 Å². The summed E-state index contributed by atoms with van der Waals surface area (Å²) in [6.45, 7) is 11.8. The van der Waals surface area contributed by atoms with Gasteiger partial charge in [0.1, 0.15) is 52.9 Å². The van der Waals surface area contributed by atoms with E-state index in [1.165, 1.54) is 30.4 Å². The molecule has 0 bridgehead atoms. The summed E-state index contributed by atoms with van der Waals surface area (Å²) in [5, 5.41) is 20.6. The van der Waals surface area contributed by atoms with Gasteiger partial charge in [-0.05, 0) is 105 Å². The minimum atomic E-state index is -0.0796. The van der Waals surface area contributed by atoms with Crippen molar-refractivity contribution in [2.24, 2.45) is 0 Å². The van der Waals surface area contributed by atoms with E-state index >= 15 is 0 Å². The first-order valence-corrected chi connectivity index (χ1v) is 22.1. The number of nitrogens with two attached hydrogens (primary N) is 2. The molecule has 0 radical (unpaired) electrons. The smallest absolute Gasteiger partial charge is 0.246 e. The molecule has 0 spiro atoms. The lowest BCUT2D eigenvalue weighted by atomic mass is 10.1. The Bertz CT molecular complexity index is 2990. The quantitative estimate of drug-likeness (QED) is 0.123. The van der Waals surface area contributed by atoms with Gasteiger partial charge in [-0.1, -0.05) is 67.3 Å². The summed E-state index contributed by atoms with van der Waals surface area (Å²) in [5.41, 5.74) is 18.1. The maximum Gasteiger partial charge on any atom is 0.246 e. The summed E-state index contributed by atoms with van der Waals surface area (Å²) in [6, 6.07) is 34.3. The van der Waals surface area contributed by atoms with Crippen molar-refractivity contribution in [3.05, 3.63) is 153 Å². The number of hydrogen-bond donors (Lipinski definition) is 3. The zero-order chi connectivity index (χ0) is 46.9. The number of ether oxygens (including phenoxy) is 1. The molecule has 0 unspecified atom stereocenters. The number of phenols is 1. The highest BCUT2D eigenvalue weighted by molar-refractivity contribution is 5.99. The minimum absolute atomic E-state index is 0.00566. The number of carbonyl (C=O) groups excluding carboxylic acids is 2. The largest absolute Gasteiger partial charge is 0.508 e. The van der Waals surface area contributed by atoms with Gasteiger partial charge in [0.15, 0.2) is 11.3 Å². The zero-order valence-corrected chi connectivity index (χ0v) is 37.2. The van der Waals surface area contributed by atoms with Crippen LogP contribution in [0.15, 0.2) is 147 Å². The highest BCUT2D eigenvalue weighted by Gasteiger charge is 2.29. The molecule has 6 heterocycles. The van der Waals surface area contributed by atoms with Gasteiger partial charge in [-0.2, -0.15) is 10.2 Å². The number of aromatic hydroxyl groups is 1. The average molecular weight is 897 g/mol. The summed E-state index contributed by atoms with van der Waals surface area (Å²) in [5.74, 6) is 2.25. The number of fused-ring (bicyclic) bond motifs is 2. The molecule has 2 saturated heterocycles. The van der Waals surface area contributed by atoms with Crippen LogP contribution in [0.4, 0.5) is 11.6 Å². The van der Waals surface area contributed by atoms with Gasteiger partial charge in [0.25, 0.3) is 0 Å². The second-order valence-electron chi connectivity index (χ2n) is 16.2. The average Bonchev–Trinajstić information content (AvgIpc) is 3.96. The third-order valence-electron chi connectivity index (χ3n) is 11.7. The van der Waals surface area contributed by atoms with Gasteiger partial charge in [0.05, 0.1) is 22.9 Å². The topological polar surface area (TPSA) is 209 Å². The Morgan fingerprint density at radius 3 is 1.49 bits per heavy atom. The molecule has 2 aliphatic rings. The fraction of sp³-hybridized carbons (Fsp3) is 0.216. The predicted molar refractivity (Wildman–Crippen MR) is 260 cm³/mol. The molecule has 5 N–H and O–H groups in total. The number of benzene rings is 4. The Hall–Kier alpha value is -8.40. The van der Waals surface area contributed by atoms with Crippen molar-refractivity contribution >= 4 is 45.5 Å². The number of para-hydroxylation sites is 1. The molecule has 2 atom stereocenters. The van der Waals surface area contributed by atoms with E-state index < -0.39 is 0 Å². The van der Waals surface area contributed by atoms with E-state index in [2.05, 4.69) is 52.2 Å². The van der Waals surface area contributed by atoms with Crippen molar-refractivity contribution < 1.29 is 19.4 Å². The number of nitrogen functional groups attached to an aromatic ring is 2. The Morgan fingerprint density at radius 1 is 0.627 bits per heavy atom. The summed E-state index contributed by atoms with van der Waals surface area (Å²) in [4.78, 5) is 45.0. The van der Waals surface area contributed by atoms with Crippen LogP contribution in [0.3, 0.4) is 0 Å². The van der Waals surface area contributed by atoms with Crippen molar-refractivity contribution in [2.45, 2.75) is 44.7 Å². The molecule has 2 fully saturated rings. The molecule has 8 aromatic rings. The van der Waals surface area contributed by atoms with Crippen molar-refractivity contribution in [3.8, 4) is 39.8 Å². The molecule has 2 aliphatic heterocycles. The number of piperidine rings is 2. The molecule has 340 valence electrons. The summed E-state index contributed by atoms with van der Waals surface area (Å²) in [7, 11) is 0. The van der Waals surface area contributed by atoms with Crippen molar-refractivity contribution in [2.75, 3.05) is 37.6 Å². The normalized spacial score (nSPS) is 15.7. The number of phenolic OH excluding ortho intramolecular Hbond substituents is 1. The molecule has 0 saturated carbocycles. The first-order chi connectivity index (χ1) is 32.6. The Kier molecular flexibility index (Phi) is 13.9. The highest BCUT2D eigenvalue weighted by atomic mass is 16.5. The summed E-state index contributed by atoms with van der Waals surface area (Å²) in [6.07, 6.45) is 9.10. The molecule has 16 heteroatoms. The number of anilines is 2. The van der Waals surface area contributed by atoms with Crippen LogP contribution in [0.1, 0.15) is 43.3 Å². The standard InChI is InChI=1S/C25H24N6O2.C19H20N6O2.C7H8/c1-2-21(32)30-14-6-7-18(15-30)31-25-22(24(26)27-16-28-25)23(29-31)17-10-12-20(13-11-17)33-19-8-4-3-5-9-19;1-2-15(27)24-9-3-4-13(10-24)25-19-16(18(20)21-11-22-19)17(23-25)12-5-7-14(26)8-6-12;1-7-5-3-2-4-6-7/h2-5,8-13,16,18H,1,6-7,14-15H2,(H2,26,27,28);2,5-8,11,13,26H,1,3-4,9-10H2,(H2,20,21,22);2-6H,1H3/t18-;13-;/m11./s1. The van der Waals surface area contributed by atoms with Crippen LogP contribution in [0.2, 0.25) is 0 Å². The summed E-state index contributed by atoms with van der Waals surface area (Å²) < 4.78 is 9.64. The zero-order valence-electron chi connectivity index (χ0n) is 37.2. The van der Waals surface area contributed by atoms with Crippen molar-refractivity contribution in [1.82, 2.24) is 49.3 Å². The minimum Gasteiger partial charge on any atom is -0.508 e. The molecule has 67 heavy (non-hydrogen) atoms. The third kappa shape index (κ3) is 10.3. The van der Waals surface area contributed by atoms with Gasteiger partial charge in [-0.25, -0.2) is 29.3 Å². The van der Waals surface area contributed by atoms with Gasteiger partial charge >= 0.3 is 0 Å². The van der Waals surface area contributed by atoms with E-state index in [0.717, 1.165) is 48.3 Å². The lowest BCUT2D eigenvalue weighted by Gasteiger charge is -2.32. The fourth-order valence-corrected chi connectivity index (χ4v) is 8.33. The summed E-state index contributed by atoms with van der Waals surface area (Å²) >= 11 is 0. The Balaban J connectivity index is 0.000000161. The molecule has 2 amide bonds. The van der Waals surface area contributed by atoms with E-state index in [1.807, 2.05) is 82.2 Å². The van der Waals surface area contributed by atoms with E-state index in [1.54, 1.807) is 34.1 Å². The number of nitrogens with zero attached hydrogens (tertiary/aromatic N) is 10. The molecule has 16 nitrogen and oxygen atoms in total. The number of rotatable bonds is 8. The lowest BCUT2D eigenvalue weighted by molar-refractivity contribution is -0.128. The van der Waals surface area contributed by atoms with Crippen LogP contribution in [0.5, 0.6) is 17.2 Å². The second-order valence-corrected chi connectivity index (χ2v) is 16.2. The first kappa shape index (κ1) is 45.2. The number of hydrogen-bond acceptors (Lipinski definition) is 12. The second kappa shape index (κ2) is 20.6. The number of aromatic nitrogens is 8. The van der Waals surface area contributed by atoms with Crippen molar-refractivity contribution in [3.63, 3.8) is 0 Å². The van der Waals surface area contributed by atoms with Gasteiger partial charge in [-0.3, -0.25) is 9.59 Å². The number of aryl methyl sites for hydroxylation is 1. The van der Waals surface area contributed by atoms with E-state index in [-0.39, 0.29) is 29.6 Å². The van der Waals surface area contributed by atoms with Crippen LogP contribution >= 0.6 is 0 Å². The maximum atomic E-state index is 12.2. The fourth-order valence-electron chi connectivity index (χ4n) is 8.33. The van der Waals surface area contributed by atoms with Crippen LogP contribution in [-0.2, 0) is 9.59 Å². The number of carbonyl (C=O) groups is 2. The predicted octanol–water partition coefficient (Wildman–Crippen LogP) is 8.34. The SMILES string of the molecule is C=CC(=O)N1CCC[C@@H](n2nc(-c3ccc(O)cc3)c3c(N)ncnc32)C1.C=CC(=O)N1CCC[C@@H](n2nc(-c3ccc(Oc4ccccc4)cc3)c3c(N)ncnc32)C1.Cc1ccccc1.